The number of ether oxygens (including phenoxy) is 2. The molecule has 1 aliphatic rings. The van der Waals surface area contributed by atoms with Gasteiger partial charge in [0, 0.05) is 18.7 Å². The average Bonchev–Trinajstić information content (AvgIpc) is 2.75. The maximum atomic E-state index is 12.4. The predicted octanol–water partition coefficient (Wildman–Crippen LogP) is 4.40. The normalized spacial score (nSPS) is 15.7. The highest BCUT2D eigenvalue weighted by Crippen LogP contribution is 2.33. The number of pyridine rings is 1. The van der Waals surface area contributed by atoms with Crippen molar-refractivity contribution in [2.75, 3.05) is 6.61 Å². The highest BCUT2D eigenvalue weighted by atomic mass is 16.5. The molecule has 0 radical (unpaired) electrons. The maximum Gasteiger partial charge on any atom is 0.333 e. The lowest BCUT2D eigenvalue weighted by atomic mass is 9.84. The quantitative estimate of drug-likeness (QED) is 0.608. The molecule has 1 aromatic heterocycles. The Bertz CT molecular complexity index is 897. The van der Waals surface area contributed by atoms with E-state index in [0.717, 1.165) is 5.75 Å². The van der Waals surface area contributed by atoms with Gasteiger partial charge < -0.3 is 19.1 Å². The first-order valence-corrected chi connectivity index (χ1v) is 11.2. The van der Waals surface area contributed by atoms with Crippen LogP contribution in [0.1, 0.15) is 63.0 Å². The fourth-order valence-corrected chi connectivity index (χ4v) is 4.13. The molecule has 1 N–H and O–H groups in total. The van der Waals surface area contributed by atoms with E-state index in [1.54, 1.807) is 30.7 Å². The van der Waals surface area contributed by atoms with Crippen LogP contribution < -0.4 is 10.3 Å². The minimum Gasteiger partial charge on any atom is -0.492 e. The first kappa shape index (κ1) is 23.1. The predicted molar refractivity (Wildman–Crippen MR) is 120 cm³/mol. The number of benzene rings is 1. The third-order valence-corrected chi connectivity index (χ3v) is 5.75. The van der Waals surface area contributed by atoms with Gasteiger partial charge in [0.2, 0.25) is 0 Å². The molecule has 1 fully saturated rings. The summed E-state index contributed by atoms with van der Waals surface area (Å²) in [7, 11) is 0. The second kappa shape index (κ2) is 11.1. The van der Waals surface area contributed by atoms with E-state index in [1.165, 1.54) is 43.7 Å². The van der Waals surface area contributed by atoms with Gasteiger partial charge in [0.05, 0.1) is 12.6 Å². The van der Waals surface area contributed by atoms with Crippen LogP contribution in [0.25, 0.3) is 0 Å². The summed E-state index contributed by atoms with van der Waals surface area (Å²) in [5.41, 5.74) is 1.86. The minimum absolute atomic E-state index is 0.160. The van der Waals surface area contributed by atoms with E-state index in [4.69, 9.17) is 9.47 Å². The van der Waals surface area contributed by atoms with Crippen LogP contribution >= 0.6 is 0 Å². The Hall–Kier alpha value is -2.60. The zero-order valence-electron chi connectivity index (χ0n) is 18.5. The molecule has 0 aliphatic heterocycles. The van der Waals surface area contributed by atoms with Gasteiger partial charge >= 0.3 is 5.97 Å². The summed E-state index contributed by atoms with van der Waals surface area (Å²) in [5.74, 6) is 0.451. The van der Waals surface area contributed by atoms with E-state index in [2.05, 4.69) is 12.1 Å². The van der Waals surface area contributed by atoms with Crippen LogP contribution in [0.5, 0.6) is 5.75 Å². The lowest BCUT2D eigenvalue weighted by molar-refractivity contribution is -0.153. The molecule has 0 spiro atoms. The van der Waals surface area contributed by atoms with Gasteiger partial charge in [-0.05, 0) is 61.9 Å². The molecular formula is C25H33NO5. The average molecular weight is 428 g/mol. The van der Waals surface area contributed by atoms with Gasteiger partial charge in [-0.3, -0.25) is 4.79 Å². The van der Waals surface area contributed by atoms with Crippen LogP contribution in [0, 0.1) is 0 Å². The van der Waals surface area contributed by atoms with Crippen molar-refractivity contribution in [3.8, 4) is 5.75 Å². The van der Waals surface area contributed by atoms with Crippen molar-refractivity contribution in [2.24, 2.45) is 0 Å². The summed E-state index contributed by atoms with van der Waals surface area (Å²) in [6.45, 7) is 4.39. The third kappa shape index (κ3) is 6.96. The smallest absolute Gasteiger partial charge is 0.333 e. The van der Waals surface area contributed by atoms with Crippen molar-refractivity contribution in [3.05, 3.63) is 64.1 Å². The van der Waals surface area contributed by atoms with E-state index in [0.29, 0.717) is 24.6 Å². The Morgan fingerprint density at radius 2 is 1.84 bits per heavy atom. The Labute approximate surface area is 183 Å². The lowest BCUT2D eigenvalue weighted by Gasteiger charge is -2.22. The molecule has 2 aromatic rings. The van der Waals surface area contributed by atoms with Crippen LogP contribution in [-0.4, -0.2) is 34.5 Å². The number of carbonyl (C=O) groups is 1. The van der Waals surface area contributed by atoms with E-state index < -0.39 is 12.1 Å². The lowest BCUT2D eigenvalue weighted by Crippen LogP contribution is -2.30. The molecule has 1 unspecified atom stereocenters. The Morgan fingerprint density at radius 1 is 1.13 bits per heavy atom. The molecule has 0 saturated heterocycles. The summed E-state index contributed by atoms with van der Waals surface area (Å²) in [5, 5.41) is 9.30. The summed E-state index contributed by atoms with van der Waals surface area (Å²) < 4.78 is 12.8. The van der Waals surface area contributed by atoms with Crippen molar-refractivity contribution < 1.29 is 19.4 Å². The fourth-order valence-electron chi connectivity index (χ4n) is 4.13. The van der Waals surface area contributed by atoms with Crippen LogP contribution in [-0.2, 0) is 22.5 Å². The minimum atomic E-state index is -1.03. The number of aliphatic carboxylic acids is 1. The Morgan fingerprint density at radius 3 is 2.45 bits per heavy atom. The van der Waals surface area contributed by atoms with Crippen molar-refractivity contribution in [2.45, 2.75) is 77.0 Å². The summed E-state index contributed by atoms with van der Waals surface area (Å²) in [4.78, 5) is 23.7. The van der Waals surface area contributed by atoms with Gasteiger partial charge in [-0.25, -0.2) is 4.79 Å². The topological polar surface area (TPSA) is 77.8 Å². The van der Waals surface area contributed by atoms with Gasteiger partial charge in [0.1, 0.15) is 12.4 Å². The number of carboxylic acids is 1. The van der Waals surface area contributed by atoms with Crippen molar-refractivity contribution in [1.29, 1.82) is 0 Å². The molecule has 168 valence electrons. The Balaban J connectivity index is 1.51. The van der Waals surface area contributed by atoms with Crippen molar-refractivity contribution in [1.82, 2.24) is 4.57 Å². The molecule has 1 aromatic carbocycles. The van der Waals surface area contributed by atoms with Gasteiger partial charge in [-0.15, -0.1) is 0 Å². The molecule has 0 bridgehead atoms. The van der Waals surface area contributed by atoms with Gasteiger partial charge in [-0.1, -0.05) is 31.4 Å². The number of hydrogen-bond donors (Lipinski definition) is 1. The summed E-state index contributed by atoms with van der Waals surface area (Å²) in [6, 6.07) is 11.6. The number of hydrogen-bond acceptors (Lipinski definition) is 4. The monoisotopic (exact) mass is 427 g/mol. The first-order valence-electron chi connectivity index (χ1n) is 11.2. The molecule has 0 amide bonds. The van der Waals surface area contributed by atoms with Crippen LogP contribution in [0.4, 0.5) is 0 Å². The number of carboxylic acid groups (broad SMARTS) is 1. The Kier molecular flexibility index (Phi) is 8.29. The maximum absolute atomic E-state index is 12.4. The largest absolute Gasteiger partial charge is 0.492 e. The number of nitrogens with zero attached hydrogens (tertiary/aromatic N) is 1. The highest BCUT2D eigenvalue weighted by molar-refractivity contribution is 5.72. The zero-order valence-corrected chi connectivity index (χ0v) is 18.5. The van der Waals surface area contributed by atoms with E-state index in [-0.39, 0.29) is 18.1 Å². The van der Waals surface area contributed by atoms with E-state index in [1.807, 2.05) is 12.1 Å². The van der Waals surface area contributed by atoms with Crippen LogP contribution in [0.3, 0.4) is 0 Å². The van der Waals surface area contributed by atoms with E-state index in [9.17, 15) is 14.7 Å². The first-order chi connectivity index (χ1) is 14.9. The SMILES string of the molecule is CC(C)OC(Cc1ccn(CCOc2ccc(C3CCCCC3)cc2)c(=O)c1)C(=O)O. The molecule has 6 nitrogen and oxygen atoms in total. The van der Waals surface area contributed by atoms with Crippen molar-refractivity contribution >= 4 is 5.97 Å². The zero-order chi connectivity index (χ0) is 22.2. The molecule has 1 aliphatic carbocycles. The second-order valence-electron chi connectivity index (χ2n) is 8.53. The summed E-state index contributed by atoms with van der Waals surface area (Å²) in [6.07, 6.45) is 7.21. The molecule has 1 atom stereocenters. The molecular weight excluding hydrogens is 394 g/mol. The van der Waals surface area contributed by atoms with Gasteiger partial charge in [-0.2, -0.15) is 0 Å². The highest BCUT2D eigenvalue weighted by Gasteiger charge is 2.20. The molecule has 3 rings (SSSR count). The van der Waals surface area contributed by atoms with Crippen molar-refractivity contribution in [3.63, 3.8) is 0 Å². The molecule has 1 heterocycles. The number of aromatic nitrogens is 1. The van der Waals surface area contributed by atoms with E-state index >= 15 is 0 Å². The second-order valence-corrected chi connectivity index (χ2v) is 8.53. The fraction of sp³-hybridized carbons (Fsp3) is 0.520. The van der Waals surface area contributed by atoms with Crippen LogP contribution in [0.2, 0.25) is 0 Å². The third-order valence-electron chi connectivity index (χ3n) is 5.75. The summed E-state index contributed by atoms with van der Waals surface area (Å²) >= 11 is 0. The van der Waals surface area contributed by atoms with Gasteiger partial charge in [0.15, 0.2) is 6.10 Å². The number of rotatable bonds is 10. The molecule has 31 heavy (non-hydrogen) atoms. The molecule has 1 saturated carbocycles. The molecule has 6 heteroatoms. The standard InChI is InChI=1S/C25H33NO5/c1-18(2)31-23(25(28)29)16-19-12-13-26(24(27)17-19)14-15-30-22-10-8-21(9-11-22)20-6-4-3-5-7-20/h8-13,17-18,20,23H,3-7,14-16H2,1-2H3,(H,28,29). The van der Waals surface area contributed by atoms with Crippen LogP contribution in [0.15, 0.2) is 47.4 Å². The van der Waals surface area contributed by atoms with Gasteiger partial charge in [0.25, 0.3) is 5.56 Å².